The smallest absolute Gasteiger partial charge is 0.136 e. The van der Waals surface area contributed by atoms with Crippen LogP contribution in [0, 0.1) is 0 Å². The van der Waals surface area contributed by atoms with E-state index in [1.807, 2.05) is 0 Å². The van der Waals surface area contributed by atoms with Crippen molar-refractivity contribution in [1.82, 2.24) is 0 Å². The van der Waals surface area contributed by atoms with Gasteiger partial charge in [-0.15, -0.1) is 0 Å². The summed E-state index contributed by atoms with van der Waals surface area (Å²) >= 11 is 0. The Morgan fingerprint density at radius 2 is 0.956 bits per heavy atom. The Kier molecular flexibility index (Phi) is 6.18. The van der Waals surface area contributed by atoms with E-state index in [0.29, 0.717) is 0 Å². The van der Waals surface area contributed by atoms with E-state index in [-0.39, 0.29) is 11.1 Å². The van der Waals surface area contributed by atoms with E-state index in [1.54, 1.807) is 0 Å². The van der Waals surface area contributed by atoms with Gasteiger partial charge in [-0.1, -0.05) is 133 Å². The van der Waals surface area contributed by atoms with Gasteiger partial charge in [-0.25, -0.2) is 0 Å². The van der Waals surface area contributed by atoms with E-state index in [4.69, 9.17) is 4.99 Å². The van der Waals surface area contributed by atoms with E-state index in [0.717, 1.165) is 17.1 Å². The Bertz CT molecular complexity index is 2190. The van der Waals surface area contributed by atoms with Gasteiger partial charge in [-0.2, -0.15) is 0 Å². The molecule has 0 aromatic heterocycles. The molecule has 2 heteroatoms. The van der Waals surface area contributed by atoms with Crippen LogP contribution >= 0.6 is 0 Å². The number of rotatable bonds is 4. The van der Waals surface area contributed by atoms with Gasteiger partial charge in [0, 0.05) is 11.3 Å². The number of hydrogen-bond donors (Lipinski definition) is 0. The van der Waals surface area contributed by atoms with Gasteiger partial charge in [0.15, 0.2) is 0 Å². The zero-order valence-corrected chi connectivity index (χ0v) is 26.3. The van der Waals surface area contributed by atoms with Crippen LogP contribution in [0.25, 0.3) is 54.6 Å². The van der Waals surface area contributed by atoms with Crippen LogP contribution in [0.1, 0.15) is 33.3 Å². The Morgan fingerprint density at radius 1 is 0.444 bits per heavy atom. The molecular weight excluding hydrogens is 544 g/mol. The molecule has 218 valence electrons. The van der Waals surface area contributed by atoms with Gasteiger partial charge in [0.25, 0.3) is 0 Å². The molecule has 0 aliphatic carbocycles. The zero-order chi connectivity index (χ0) is 30.8. The Labute approximate surface area is 265 Å². The third-order valence-electron chi connectivity index (χ3n) is 10.1. The van der Waals surface area contributed by atoms with Crippen molar-refractivity contribution in [2.75, 3.05) is 4.90 Å². The molecule has 1 aliphatic heterocycles. The van der Waals surface area contributed by atoms with Gasteiger partial charge in [0.1, 0.15) is 5.84 Å². The molecule has 0 saturated heterocycles. The van der Waals surface area contributed by atoms with Crippen molar-refractivity contribution in [3.63, 3.8) is 0 Å². The van der Waals surface area contributed by atoms with Crippen LogP contribution in [0.4, 0.5) is 5.69 Å². The molecule has 7 aromatic carbocycles. The van der Waals surface area contributed by atoms with Gasteiger partial charge >= 0.3 is 0 Å². The molecule has 0 unspecified atom stereocenters. The SMILES string of the molecule is CC1(C)N=C(c2ccccc2)N(c2ccc(-c3c4ccccc4c(-c4cccc5ccccc45)c4ccccc34)cc2)C1(C)C. The molecule has 0 amide bonds. The Hall–Kier alpha value is -5.21. The lowest BCUT2D eigenvalue weighted by atomic mass is 9.82. The fraction of sp³-hybridized carbons (Fsp3) is 0.140. The van der Waals surface area contributed by atoms with E-state index < -0.39 is 0 Å². The molecular formula is C43H36N2. The Morgan fingerprint density at radius 3 is 1.58 bits per heavy atom. The maximum absolute atomic E-state index is 5.27. The largest absolute Gasteiger partial charge is 0.318 e. The van der Waals surface area contributed by atoms with Crippen molar-refractivity contribution in [1.29, 1.82) is 0 Å². The first-order chi connectivity index (χ1) is 21.8. The summed E-state index contributed by atoms with van der Waals surface area (Å²) in [6.07, 6.45) is 0. The monoisotopic (exact) mass is 580 g/mol. The van der Waals surface area contributed by atoms with Crippen LogP contribution in [0.2, 0.25) is 0 Å². The van der Waals surface area contributed by atoms with Crippen LogP contribution in [0.15, 0.2) is 151 Å². The number of hydrogen-bond acceptors (Lipinski definition) is 2. The lowest BCUT2D eigenvalue weighted by Crippen LogP contribution is -2.53. The predicted molar refractivity (Wildman–Crippen MR) is 193 cm³/mol. The molecule has 0 saturated carbocycles. The minimum Gasteiger partial charge on any atom is -0.318 e. The Balaban J connectivity index is 1.33. The van der Waals surface area contributed by atoms with E-state index in [2.05, 4.69) is 178 Å². The fourth-order valence-electron chi connectivity index (χ4n) is 7.17. The summed E-state index contributed by atoms with van der Waals surface area (Å²) in [4.78, 5) is 7.69. The summed E-state index contributed by atoms with van der Waals surface area (Å²) in [6.45, 7) is 9.07. The summed E-state index contributed by atoms with van der Waals surface area (Å²) in [5, 5.41) is 7.61. The van der Waals surface area contributed by atoms with Gasteiger partial charge in [0.2, 0.25) is 0 Å². The molecule has 1 aliphatic rings. The predicted octanol–water partition coefficient (Wildman–Crippen LogP) is 11.3. The molecule has 0 N–H and O–H groups in total. The number of anilines is 1. The highest BCUT2D eigenvalue weighted by atomic mass is 15.3. The molecule has 1 heterocycles. The lowest BCUT2D eigenvalue weighted by molar-refractivity contribution is 0.338. The molecule has 0 bridgehead atoms. The maximum Gasteiger partial charge on any atom is 0.136 e. The van der Waals surface area contributed by atoms with Gasteiger partial charge in [-0.05, 0) is 94.4 Å². The highest BCUT2D eigenvalue weighted by molar-refractivity contribution is 6.23. The number of aliphatic imine (C=N–C) groups is 1. The average Bonchev–Trinajstić information content (AvgIpc) is 3.27. The molecule has 0 atom stereocenters. The van der Waals surface area contributed by atoms with E-state index in [1.165, 1.54) is 54.6 Å². The van der Waals surface area contributed by atoms with Crippen LogP contribution in [-0.4, -0.2) is 16.9 Å². The number of benzene rings is 7. The van der Waals surface area contributed by atoms with Crippen LogP contribution < -0.4 is 4.90 Å². The standard InChI is InChI=1S/C43H36N2/c1-42(2)43(3,4)45(41(44-42)31-16-6-5-7-17-31)32-27-25-30(26-28-32)39-35-20-10-12-22-37(35)40(38-23-13-11-21-36(38)39)34-24-14-18-29-15-8-9-19-33(29)34/h5-28H,1-4H3. The van der Waals surface area contributed by atoms with Crippen LogP contribution in [0.3, 0.4) is 0 Å². The first kappa shape index (κ1) is 27.3. The minimum absolute atomic E-state index is 0.209. The second-order valence-electron chi connectivity index (χ2n) is 13.2. The molecule has 45 heavy (non-hydrogen) atoms. The molecule has 0 spiro atoms. The molecule has 7 aromatic rings. The second kappa shape index (κ2) is 10.2. The van der Waals surface area contributed by atoms with Crippen molar-refractivity contribution >= 4 is 43.8 Å². The minimum atomic E-state index is -0.249. The van der Waals surface area contributed by atoms with Crippen molar-refractivity contribution in [2.24, 2.45) is 4.99 Å². The number of nitrogens with zero attached hydrogens (tertiary/aromatic N) is 2. The van der Waals surface area contributed by atoms with Crippen molar-refractivity contribution in [3.8, 4) is 22.3 Å². The van der Waals surface area contributed by atoms with Gasteiger partial charge in [-0.3, -0.25) is 4.99 Å². The van der Waals surface area contributed by atoms with Crippen molar-refractivity contribution in [3.05, 3.63) is 151 Å². The maximum atomic E-state index is 5.27. The number of fused-ring (bicyclic) bond motifs is 3. The molecule has 8 rings (SSSR count). The summed E-state index contributed by atoms with van der Waals surface area (Å²) in [7, 11) is 0. The lowest BCUT2D eigenvalue weighted by Gasteiger charge is -2.41. The summed E-state index contributed by atoms with van der Waals surface area (Å²) in [6, 6.07) is 52.9. The van der Waals surface area contributed by atoms with Crippen LogP contribution in [-0.2, 0) is 0 Å². The first-order valence-corrected chi connectivity index (χ1v) is 15.8. The third-order valence-corrected chi connectivity index (χ3v) is 10.1. The zero-order valence-electron chi connectivity index (χ0n) is 26.3. The molecule has 2 nitrogen and oxygen atoms in total. The third kappa shape index (κ3) is 4.20. The molecule has 0 radical (unpaired) electrons. The average molecular weight is 581 g/mol. The van der Waals surface area contributed by atoms with E-state index in [9.17, 15) is 0 Å². The highest BCUT2D eigenvalue weighted by Crippen LogP contribution is 2.46. The fourth-order valence-corrected chi connectivity index (χ4v) is 7.17. The van der Waals surface area contributed by atoms with Crippen LogP contribution in [0.5, 0.6) is 0 Å². The molecule has 0 fully saturated rings. The summed E-state index contributed by atoms with van der Waals surface area (Å²) in [5.74, 6) is 1.02. The number of amidine groups is 1. The quantitative estimate of drug-likeness (QED) is 0.189. The van der Waals surface area contributed by atoms with Crippen molar-refractivity contribution < 1.29 is 0 Å². The topological polar surface area (TPSA) is 15.6 Å². The first-order valence-electron chi connectivity index (χ1n) is 15.8. The second-order valence-corrected chi connectivity index (χ2v) is 13.2. The highest BCUT2D eigenvalue weighted by Gasteiger charge is 2.49. The normalized spacial score (nSPS) is 15.6. The van der Waals surface area contributed by atoms with Gasteiger partial charge < -0.3 is 4.90 Å². The van der Waals surface area contributed by atoms with E-state index >= 15 is 0 Å². The van der Waals surface area contributed by atoms with Gasteiger partial charge in [0.05, 0.1) is 11.1 Å². The van der Waals surface area contributed by atoms with Crippen molar-refractivity contribution in [2.45, 2.75) is 38.8 Å². The summed E-state index contributed by atoms with van der Waals surface area (Å²) in [5.41, 5.74) is 6.89. The summed E-state index contributed by atoms with van der Waals surface area (Å²) < 4.78 is 0.